The summed E-state index contributed by atoms with van der Waals surface area (Å²) in [6, 6.07) is 3.62. The number of hydrogen-bond donors (Lipinski definition) is 0. The Morgan fingerprint density at radius 1 is 1.07 bits per heavy atom. The van der Waals surface area contributed by atoms with Crippen molar-refractivity contribution in [3.05, 3.63) is 23.3 Å². The van der Waals surface area contributed by atoms with Gasteiger partial charge in [-0.05, 0) is 51.5 Å². The van der Waals surface area contributed by atoms with Crippen LogP contribution in [0.2, 0.25) is 0 Å². The Morgan fingerprint density at radius 2 is 1.90 bits per heavy atom. The second-order valence-corrected chi connectivity index (χ2v) is 8.48. The average molecular weight is 405 g/mol. The quantitative estimate of drug-likeness (QED) is 0.474. The Kier molecular flexibility index (Phi) is 6.02. The Hall–Kier alpha value is -1.79. The van der Waals surface area contributed by atoms with E-state index in [1.807, 2.05) is 6.07 Å². The van der Waals surface area contributed by atoms with Crippen LogP contribution in [0.3, 0.4) is 0 Å². The minimum atomic E-state index is -0.324. The van der Waals surface area contributed by atoms with E-state index in [-0.39, 0.29) is 24.0 Å². The number of ether oxygens (including phenoxy) is 5. The van der Waals surface area contributed by atoms with Crippen molar-refractivity contribution >= 4 is 5.97 Å². The number of carbonyl (C=O) groups is 1. The number of fused-ring (bicyclic) bond motifs is 1. The molecular weight excluding hydrogens is 372 g/mol. The molecule has 6 heteroatoms. The third-order valence-electron chi connectivity index (χ3n) is 6.42. The molecule has 6 nitrogen and oxygen atoms in total. The number of benzene rings is 1. The van der Waals surface area contributed by atoms with Crippen LogP contribution in [0.5, 0.6) is 11.5 Å². The molecule has 0 bridgehead atoms. The van der Waals surface area contributed by atoms with Gasteiger partial charge >= 0.3 is 5.97 Å². The van der Waals surface area contributed by atoms with E-state index in [0.29, 0.717) is 23.2 Å². The number of hydrogen-bond acceptors (Lipinski definition) is 6. The molecule has 4 atom stereocenters. The number of methoxy groups -OCH3 is 2. The van der Waals surface area contributed by atoms with E-state index in [4.69, 9.17) is 23.7 Å². The molecule has 0 aromatic heterocycles. The van der Waals surface area contributed by atoms with E-state index in [2.05, 4.69) is 6.92 Å². The maximum absolute atomic E-state index is 12.3. The lowest BCUT2D eigenvalue weighted by Crippen LogP contribution is -2.40. The van der Waals surface area contributed by atoms with Crippen molar-refractivity contribution in [3.8, 4) is 11.5 Å². The van der Waals surface area contributed by atoms with Crippen LogP contribution >= 0.6 is 0 Å². The zero-order valence-corrected chi connectivity index (χ0v) is 17.7. The minimum Gasteiger partial charge on any atom is -0.497 e. The number of esters is 1. The van der Waals surface area contributed by atoms with Crippen molar-refractivity contribution in [2.24, 2.45) is 0 Å². The number of rotatable bonds is 7. The summed E-state index contributed by atoms with van der Waals surface area (Å²) in [6.45, 7) is 2.13. The van der Waals surface area contributed by atoms with E-state index >= 15 is 0 Å². The number of unbranched alkanes of at least 4 members (excludes halogenated alkanes) is 1. The van der Waals surface area contributed by atoms with E-state index in [0.717, 1.165) is 56.9 Å². The Morgan fingerprint density at radius 3 is 2.62 bits per heavy atom. The summed E-state index contributed by atoms with van der Waals surface area (Å²) < 4.78 is 28.8. The van der Waals surface area contributed by atoms with Gasteiger partial charge in [0.1, 0.15) is 23.2 Å². The van der Waals surface area contributed by atoms with Gasteiger partial charge in [0.2, 0.25) is 0 Å². The van der Waals surface area contributed by atoms with Gasteiger partial charge in [0, 0.05) is 24.5 Å². The molecule has 1 aromatic rings. The molecule has 0 amide bonds. The van der Waals surface area contributed by atoms with Crippen LogP contribution in [0.4, 0.5) is 0 Å². The van der Waals surface area contributed by atoms with Crippen LogP contribution in [0, 0.1) is 0 Å². The molecule has 0 aliphatic carbocycles. The highest BCUT2D eigenvalue weighted by Crippen LogP contribution is 2.43. The lowest BCUT2D eigenvalue weighted by atomic mass is 9.95. The maximum Gasteiger partial charge on any atom is 0.342 e. The lowest BCUT2D eigenvalue weighted by molar-refractivity contribution is -0.269. The summed E-state index contributed by atoms with van der Waals surface area (Å²) >= 11 is 0. The summed E-state index contributed by atoms with van der Waals surface area (Å²) in [5.74, 6) is 0.554. The Balaban J connectivity index is 1.30. The van der Waals surface area contributed by atoms with E-state index in [1.165, 1.54) is 6.42 Å². The van der Waals surface area contributed by atoms with Crippen LogP contribution in [0.25, 0.3) is 0 Å². The normalized spacial score (nSPS) is 31.0. The molecule has 1 aromatic carbocycles. The number of cyclic esters (lactones) is 1. The van der Waals surface area contributed by atoms with Gasteiger partial charge in [-0.3, -0.25) is 0 Å². The summed E-state index contributed by atoms with van der Waals surface area (Å²) in [4.78, 5) is 12.3. The maximum atomic E-state index is 12.3. The van der Waals surface area contributed by atoms with Gasteiger partial charge < -0.3 is 23.7 Å². The monoisotopic (exact) mass is 404 g/mol. The van der Waals surface area contributed by atoms with Crippen LogP contribution in [-0.2, 0) is 14.2 Å². The highest BCUT2D eigenvalue weighted by Gasteiger charge is 2.43. The topological polar surface area (TPSA) is 63.2 Å². The van der Waals surface area contributed by atoms with Crippen molar-refractivity contribution in [1.82, 2.24) is 0 Å². The first kappa shape index (κ1) is 20.5. The zero-order chi connectivity index (χ0) is 20.4. The molecule has 4 rings (SSSR count). The first-order valence-electron chi connectivity index (χ1n) is 10.9. The third-order valence-corrected chi connectivity index (χ3v) is 6.42. The second kappa shape index (κ2) is 8.52. The van der Waals surface area contributed by atoms with Crippen LogP contribution in [0.15, 0.2) is 12.1 Å². The smallest absolute Gasteiger partial charge is 0.342 e. The van der Waals surface area contributed by atoms with Gasteiger partial charge in [0.15, 0.2) is 5.79 Å². The lowest BCUT2D eigenvalue weighted by Gasteiger charge is -2.38. The predicted octanol–water partition coefficient (Wildman–Crippen LogP) is 4.94. The molecule has 2 saturated heterocycles. The Bertz CT molecular complexity index is 743. The molecular formula is C23H32O6. The molecule has 3 aliphatic rings. The molecule has 1 spiro atoms. The number of carbonyl (C=O) groups excluding carboxylic acids is 1. The molecule has 3 aliphatic heterocycles. The van der Waals surface area contributed by atoms with Crippen molar-refractivity contribution in [2.75, 3.05) is 14.2 Å². The third kappa shape index (κ3) is 4.24. The van der Waals surface area contributed by atoms with Crippen molar-refractivity contribution in [1.29, 1.82) is 0 Å². The second-order valence-electron chi connectivity index (χ2n) is 8.48. The predicted molar refractivity (Wildman–Crippen MR) is 107 cm³/mol. The van der Waals surface area contributed by atoms with Crippen LogP contribution in [0.1, 0.15) is 86.7 Å². The molecule has 0 radical (unpaired) electrons. The van der Waals surface area contributed by atoms with Crippen LogP contribution < -0.4 is 9.47 Å². The summed E-state index contributed by atoms with van der Waals surface area (Å²) in [5.41, 5.74) is 1.40. The molecule has 160 valence electrons. The van der Waals surface area contributed by atoms with Crippen molar-refractivity contribution in [3.63, 3.8) is 0 Å². The fraction of sp³-hybridized carbons (Fsp3) is 0.696. The van der Waals surface area contributed by atoms with E-state index < -0.39 is 0 Å². The van der Waals surface area contributed by atoms with Crippen molar-refractivity contribution in [2.45, 2.75) is 88.8 Å². The standard InChI is InChI=1S/C23H32O6/c1-15-10-12-23(28-15)11-6-8-16(29-23)7-4-5-9-19-18-13-17(25-2)14-20(26-3)21(18)22(24)27-19/h13-16,19H,4-12H2,1-3H3/t15-,16-,19+,23+/m0/s1. The summed E-state index contributed by atoms with van der Waals surface area (Å²) in [7, 11) is 3.17. The fourth-order valence-corrected chi connectivity index (χ4v) is 4.93. The van der Waals surface area contributed by atoms with Gasteiger partial charge in [-0.2, -0.15) is 0 Å². The first-order valence-corrected chi connectivity index (χ1v) is 10.9. The van der Waals surface area contributed by atoms with Gasteiger partial charge in [-0.25, -0.2) is 4.79 Å². The first-order chi connectivity index (χ1) is 14.0. The molecule has 3 heterocycles. The highest BCUT2D eigenvalue weighted by molar-refractivity contribution is 5.97. The molecule has 0 N–H and O–H groups in total. The SMILES string of the molecule is COc1cc(OC)c2c(c1)[C@@H](CCCC[C@H]1CCC[C@]3(CC[C@H](C)O3)O1)OC2=O. The van der Waals surface area contributed by atoms with Crippen molar-refractivity contribution < 1.29 is 28.5 Å². The molecule has 29 heavy (non-hydrogen) atoms. The van der Waals surface area contributed by atoms with Gasteiger partial charge in [0.05, 0.1) is 26.4 Å². The summed E-state index contributed by atoms with van der Waals surface area (Å²) in [6.07, 6.45) is 9.57. The van der Waals surface area contributed by atoms with E-state index in [1.54, 1.807) is 20.3 Å². The molecule has 0 saturated carbocycles. The van der Waals surface area contributed by atoms with Crippen LogP contribution in [-0.4, -0.2) is 38.2 Å². The minimum absolute atomic E-state index is 0.237. The highest BCUT2D eigenvalue weighted by atomic mass is 16.7. The average Bonchev–Trinajstić information content (AvgIpc) is 3.24. The molecule has 0 unspecified atom stereocenters. The fourth-order valence-electron chi connectivity index (χ4n) is 4.93. The Labute approximate surface area is 172 Å². The summed E-state index contributed by atoms with van der Waals surface area (Å²) in [5, 5.41) is 0. The zero-order valence-electron chi connectivity index (χ0n) is 17.7. The van der Waals surface area contributed by atoms with Gasteiger partial charge in [-0.15, -0.1) is 0 Å². The molecule has 2 fully saturated rings. The van der Waals surface area contributed by atoms with Gasteiger partial charge in [0.25, 0.3) is 0 Å². The van der Waals surface area contributed by atoms with E-state index in [9.17, 15) is 4.79 Å². The largest absolute Gasteiger partial charge is 0.497 e. The van der Waals surface area contributed by atoms with Gasteiger partial charge in [-0.1, -0.05) is 6.42 Å².